The number of hydrogen-bond donors (Lipinski definition) is 0. The minimum Gasteiger partial charge on any atom is -0.366 e. The Balaban J connectivity index is 1.31. The van der Waals surface area contributed by atoms with E-state index in [0.717, 1.165) is 29.2 Å². The summed E-state index contributed by atoms with van der Waals surface area (Å²) in [6.45, 7) is 5.65. The molecule has 132 valence electrons. The van der Waals surface area contributed by atoms with Crippen molar-refractivity contribution in [1.29, 1.82) is 0 Å². The molecule has 0 spiro atoms. The van der Waals surface area contributed by atoms with Crippen LogP contribution in [0.3, 0.4) is 0 Å². The molecule has 0 bridgehead atoms. The van der Waals surface area contributed by atoms with Crippen molar-refractivity contribution < 1.29 is 9.53 Å². The molecule has 2 aromatic heterocycles. The number of carbonyl (C=O) groups is 1. The summed E-state index contributed by atoms with van der Waals surface area (Å²) >= 11 is 1.73. The minimum atomic E-state index is 0.103. The van der Waals surface area contributed by atoms with Gasteiger partial charge < -0.3 is 9.64 Å². The number of hydrogen-bond acceptors (Lipinski definition) is 6. The minimum absolute atomic E-state index is 0.103. The van der Waals surface area contributed by atoms with E-state index in [1.807, 2.05) is 11.8 Å². The number of fused-ring (bicyclic) bond motifs is 1. The summed E-state index contributed by atoms with van der Waals surface area (Å²) in [5.74, 6) is 0.623. The molecule has 3 atom stereocenters. The van der Waals surface area contributed by atoms with E-state index >= 15 is 0 Å². The van der Waals surface area contributed by atoms with Gasteiger partial charge in [-0.1, -0.05) is 0 Å². The van der Waals surface area contributed by atoms with Crippen molar-refractivity contribution in [1.82, 2.24) is 19.9 Å². The van der Waals surface area contributed by atoms with Gasteiger partial charge >= 0.3 is 0 Å². The average molecular weight is 358 g/mol. The predicted octanol–water partition coefficient (Wildman–Crippen LogP) is 2.47. The van der Waals surface area contributed by atoms with Gasteiger partial charge in [-0.05, 0) is 32.3 Å². The average Bonchev–Trinajstić information content (AvgIpc) is 3.27. The van der Waals surface area contributed by atoms with E-state index in [1.165, 1.54) is 11.2 Å². The largest absolute Gasteiger partial charge is 0.366 e. The number of aryl methyl sites for hydroxylation is 3. The summed E-state index contributed by atoms with van der Waals surface area (Å²) in [6.07, 6.45) is 7.45. The Morgan fingerprint density at radius 1 is 1.32 bits per heavy atom. The van der Waals surface area contributed by atoms with Crippen molar-refractivity contribution in [3.8, 4) is 0 Å². The van der Waals surface area contributed by atoms with Crippen LogP contribution in [0.15, 0.2) is 18.7 Å². The quantitative estimate of drug-likeness (QED) is 0.840. The number of ether oxygens (including phenoxy) is 1. The summed E-state index contributed by atoms with van der Waals surface area (Å²) in [7, 11) is 0. The zero-order chi connectivity index (χ0) is 17.4. The number of amides is 1. The second-order valence-electron chi connectivity index (χ2n) is 6.90. The van der Waals surface area contributed by atoms with Gasteiger partial charge in [-0.25, -0.2) is 15.0 Å². The highest BCUT2D eigenvalue weighted by Crippen LogP contribution is 2.42. The number of nitrogens with zero attached hydrogens (tertiary/aromatic N) is 4. The van der Waals surface area contributed by atoms with Crippen molar-refractivity contribution in [3.63, 3.8) is 0 Å². The molecule has 1 amide bonds. The van der Waals surface area contributed by atoms with E-state index in [-0.39, 0.29) is 18.1 Å². The summed E-state index contributed by atoms with van der Waals surface area (Å²) in [6, 6.07) is 0. The molecular weight excluding hydrogens is 336 g/mol. The molecule has 0 N–H and O–H groups in total. The molecule has 7 heteroatoms. The van der Waals surface area contributed by atoms with Crippen LogP contribution in [0.5, 0.6) is 0 Å². The first kappa shape index (κ1) is 16.6. The maximum atomic E-state index is 12.5. The number of aromatic nitrogens is 3. The van der Waals surface area contributed by atoms with Crippen molar-refractivity contribution >= 4 is 17.2 Å². The Hall–Kier alpha value is -1.86. The van der Waals surface area contributed by atoms with Crippen LogP contribution < -0.4 is 0 Å². The monoisotopic (exact) mass is 358 g/mol. The summed E-state index contributed by atoms with van der Waals surface area (Å²) in [5.41, 5.74) is 2.10. The Morgan fingerprint density at radius 2 is 2.12 bits per heavy atom. The van der Waals surface area contributed by atoms with E-state index in [0.29, 0.717) is 25.3 Å². The highest BCUT2D eigenvalue weighted by Gasteiger charge is 2.44. The van der Waals surface area contributed by atoms with Crippen molar-refractivity contribution in [3.05, 3.63) is 39.9 Å². The lowest BCUT2D eigenvalue weighted by molar-refractivity contribution is -0.131. The van der Waals surface area contributed by atoms with Gasteiger partial charge in [0.1, 0.15) is 17.4 Å². The van der Waals surface area contributed by atoms with Crippen LogP contribution in [0.4, 0.5) is 0 Å². The Kier molecular flexibility index (Phi) is 4.52. The SMILES string of the molecule is Cc1nc([C@@H]2C[C@H]3CN(C(=O)CCc4cncnc4)C[C@H]3O2)sc1C. The van der Waals surface area contributed by atoms with Gasteiger partial charge in [0.25, 0.3) is 0 Å². The fourth-order valence-corrected chi connectivity index (χ4v) is 4.60. The van der Waals surface area contributed by atoms with Crippen LogP contribution in [0.1, 0.15) is 40.1 Å². The molecule has 4 heterocycles. The van der Waals surface area contributed by atoms with E-state index in [4.69, 9.17) is 4.74 Å². The predicted molar refractivity (Wildman–Crippen MR) is 94.2 cm³/mol. The fraction of sp³-hybridized carbons (Fsp3) is 0.556. The molecule has 2 aliphatic rings. The molecule has 6 nitrogen and oxygen atoms in total. The third-order valence-corrected chi connectivity index (χ3v) is 6.32. The van der Waals surface area contributed by atoms with Gasteiger partial charge in [0.2, 0.25) is 5.91 Å². The zero-order valence-corrected chi connectivity index (χ0v) is 15.3. The van der Waals surface area contributed by atoms with Crippen LogP contribution in [0.2, 0.25) is 0 Å². The van der Waals surface area contributed by atoms with Gasteiger partial charge in [-0.15, -0.1) is 11.3 Å². The maximum absolute atomic E-state index is 12.5. The third-order valence-electron chi connectivity index (χ3n) is 5.15. The lowest BCUT2D eigenvalue weighted by Gasteiger charge is -2.18. The third kappa shape index (κ3) is 3.43. The molecule has 0 aliphatic carbocycles. The highest BCUT2D eigenvalue weighted by molar-refractivity contribution is 7.11. The standard InChI is InChI=1S/C18H22N4O2S/c1-11-12(2)25-18(21-11)15-5-14-8-22(9-16(14)24-15)17(23)4-3-13-6-19-10-20-7-13/h6-7,10,14-16H,3-5,8-9H2,1-2H3/t14-,15-,16+/m0/s1. The second-order valence-corrected chi connectivity index (χ2v) is 8.13. The summed E-state index contributed by atoms with van der Waals surface area (Å²) in [5, 5.41) is 1.09. The molecule has 0 aromatic carbocycles. The van der Waals surface area contributed by atoms with E-state index in [2.05, 4.69) is 21.9 Å². The van der Waals surface area contributed by atoms with Crippen LogP contribution in [0.25, 0.3) is 0 Å². The van der Waals surface area contributed by atoms with Gasteiger partial charge in [0.05, 0.1) is 11.8 Å². The summed E-state index contributed by atoms with van der Waals surface area (Å²) in [4.78, 5) is 28.3. The fourth-order valence-electron chi connectivity index (χ4n) is 3.63. The molecule has 2 aliphatic heterocycles. The van der Waals surface area contributed by atoms with Crippen LogP contribution >= 0.6 is 11.3 Å². The van der Waals surface area contributed by atoms with E-state index in [1.54, 1.807) is 23.7 Å². The number of thiazole rings is 1. The van der Waals surface area contributed by atoms with Gasteiger partial charge in [-0.2, -0.15) is 0 Å². The molecule has 4 rings (SSSR count). The number of likely N-dealkylation sites (tertiary alicyclic amines) is 1. The van der Waals surface area contributed by atoms with Crippen molar-refractivity contribution in [2.45, 2.75) is 45.3 Å². The smallest absolute Gasteiger partial charge is 0.223 e. The van der Waals surface area contributed by atoms with Crippen molar-refractivity contribution in [2.75, 3.05) is 13.1 Å². The maximum Gasteiger partial charge on any atom is 0.223 e. The first-order valence-corrected chi connectivity index (χ1v) is 9.53. The normalized spacial score (nSPS) is 25.4. The Bertz CT molecular complexity index is 730. The first-order chi connectivity index (χ1) is 12.1. The Morgan fingerprint density at radius 3 is 2.80 bits per heavy atom. The van der Waals surface area contributed by atoms with E-state index in [9.17, 15) is 4.79 Å². The molecule has 0 unspecified atom stereocenters. The van der Waals surface area contributed by atoms with Gasteiger partial charge in [0, 0.05) is 42.7 Å². The van der Waals surface area contributed by atoms with Crippen LogP contribution in [-0.2, 0) is 16.0 Å². The molecule has 2 aromatic rings. The zero-order valence-electron chi connectivity index (χ0n) is 14.5. The molecule has 0 radical (unpaired) electrons. The Labute approximate surface area is 151 Å². The van der Waals surface area contributed by atoms with E-state index < -0.39 is 0 Å². The molecule has 25 heavy (non-hydrogen) atoms. The lowest BCUT2D eigenvalue weighted by Crippen LogP contribution is -2.30. The second kappa shape index (κ2) is 6.80. The lowest BCUT2D eigenvalue weighted by atomic mass is 10.0. The van der Waals surface area contributed by atoms with Crippen LogP contribution in [-0.4, -0.2) is 45.0 Å². The van der Waals surface area contributed by atoms with Gasteiger partial charge in [0.15, 0.2) is 0 Å². The molecule has 2 saturated heterocycles. The number of carbonyl (C=O) groups excluding carboxylic acids is 1. The number of rotatable bonds is 4. The van der Waals surface area contributed by atoms with Gasteiger partial charge in [-0.3, -0.25) is 4.79 Å². The summed E-state index contributed by atoms with van der Waals surface area (Å²) < 4.78 is 6.22. The van der Waals surface area contributed by atoms with Crippen molar-refractivity contribution in [2.24, 2.45) is 5.92 Å². The molecule has 0 saturated carbocycles. The van der Waals surface area contributed by atoms with Crippen LogP contribution in [0, 0.1) is 19.8 Å². The topological polar surface area (TPSA) is 68.2 Å². The highest BCUT2D eigenvalue weighted by atomic mass is 32.1. The first-order valence-electron chi connectivity index (χ1n) is 8.71. The molecular formula is C18H22N4O2S. The molecule has 2 fully saturated rings.